The number of amides is 1. The summed E-state index contributed by atoms with van der Waals surface area (Å²) in [5.41, 5.74) is 0.135. The molecule has 1 aromatic rings. The second-order valence-electron chi connectivity index (χ2n) is 4.86. The van der Waals surface area contributed by atoms with Gasteiger partial charge in [-0.1, -0.05) is 18.9 Å². The zero-order valence-electron chi connectivity index (χ0n) is 11.1. The van der Waals surface area contributed by atoms with E-state index >= 15 is 0 Å². The molecule has 1 N–H and O–H groups in total. The molecule has 1 fully saturated rings. The van der Waals surface area contributed by atoms with Crippen molar-refractivity contribution in [3.63, 3.8) is 0 Å². The van der Waals surface area contributed by atoms with Crippen molar-refractivity contribution in [1.29, 1.82) is 0 Å². The Labute approximate surface area is 113 Å². The number of nitrogens with one attached hydrogen (secondary N) is 1. The molecule has 2 heterocycles. The zero-order chi connectivity index (χ0) is 13.5. The first-order valence-corrected chi connectivity index (χ1v) is 6.89. The fourth-order valence-electron chi connectivity index (χ4n) is 2.31. The van der Waals surface area contributed by atoms with Crippen LogP contribution in [0.25, 0.3) is 0 Å². The minimum absolute atomic E-state index is 0.135. The number of nitrogens with zero attached hydrogens (tertiary/aromatic N) is 2. The van der Waals surface area contributed by atoms with E-state index in [1.54, 1.807) is 0 Å². The topological polar surface area (TPSA) is 45.2 Å². The van der Waals surface area contributed by atoms with Crippen molar-refractivity contribution in [3.8, 4) is 0 Å². The van der Waals surface area contributed by atoms with Crippen LogP contribution < -0.4 is 5.32 Å². The van der Waals surface area contributed by atoms with Crippen LogP contribution >= 0.6 is 0 Å². The highest BCUT2D eigenvalue weighted by atomic mass is 19.1. The van der Waals surface area contributed by atoms with E-state index < -0.39 is 5.95 Å². The van der Waals surface area contributed by atoms with E-state index in [4.69, 9.17) is 0 Å². The molecule has 1 amide bonds. The zero-order valence-corrected chi connectivity index (χ0v) is 11.1. The van der Waals surface area contributed by atoms with Crippen LogP contribution in [0.2, 0.25) is 0 Å². The van der Waals surface area contributed by atoms with Gasteiger partial charge in [-0.15, -0.1) is 0 Å². The Morgan fingerprint density at radius 2 is 2.00 bits per heavy atom. The smallest absolute Gasteiger partial charge is 0.270 e. The fourth-order valence-corrected chi connectivity index (χ4v) is 2.31. The first kappa shape index (κ1) is 13.9. The normalized spacial score (nSPS) is 16.9. The lowest BCUT2D eigenvalue weighted by Gasteiger charge is -2.19. The molecule has 0 aromatic carbocycles. The van der Waals surface area contributed by atoms with Crippen LogP contribution in [-0.4, -0.2) is 42.0 Å². The fraction of sp³-hybridized carbons (Fsp3) is 0.571. The number of likely N-dealkylation sites (tertiary alicyclic amines) is 1. The summed E-state index contributed by atoms with van der Waals surface area (Å²) in [6.07, 6.45) is 5.07. The Balaban J connectivity index is 1.74. The molecule has 1 saturated heterocycles. The van der Waals surface area contributed by atoms with E-state index in [0.29, 0.717) is 6.54 Å². The van der Waals surface area contributed by atoms with Gasteiger partial charge < -0.3 is 10.2 Å². The summed E-state index contributed by atoms with van der Waals surface area (Å²) in [6.45, 7) is 3.64. The maximum Gasteiger partial charge on any atom is 0.270 e. The molecular weight excluding hydrogens is 245 g/mol. The van der Waals surface area contributed by atoms with Gasteiger partial charge in [-0.05, 0) is 38.1 Å². The van der Waals surface area contributed by atoms with Crippen molar-refractivity contribution in [2.75, 3.05) is 26.2 Å². The number of rotatable bonds is 4. The number of aromatic nitrogens is 1. The lowest BCUT2D eigenvalue weighted by molar-refractivity contribution is 0.0942. The van der Waals surface area contributed by atoms with Crippen molar-refractivity contribution >= 4 is 5.91 Å². The van der Waals surface area contributed by atoms with Crippen LogP contribution in [-0.2, 0) is 0 Å². The standard InChI is InChI=1S/C14H20FN3O/c15-13-7-5-6-12(17-13)14(19)16-8-11-18-9-3-1-2-4-10-18/h5-7H,1-4,8-11H2,(H,16,19). The van der Waals surface area contributed by atoms with Crippen molar-refractivity contribution in [2.45, 2.75) is 25.7 Å². The molecule has 0 saturated carbocycles. The molecule has 4 nitrogen and oxygen atoms in total. The summed E-state index contributed by atoms with van der Waals surface area (Å²) in [5, 5.41) is 2.78. The molecule has 1 aliphatic heterocycles. The molecule has 5 heteroatoms. The third-order valence-electron chi connectivity index (χ3n) is 3.36. The Hall–Kier alpha value is -1.49. The minimum atomic E-state index is -0.625. The molecule has 104 valence electrons. The van der Waals surface area contributed by atoms with Crippen molar-refractivity contribution < 1.29 is 9.18 Å². The van der Waals surface area contributed by atoms with E-state index in [2.05, 4.69) is 15.2 Å². The first-order valence-electron chi connectivity index (χ1n) is 6.89. The maximum absolute atomic E-state index is 12.9. The molecule has 0 bridgehead atoms. The summed E-state index contributed by atoms with van der Waals surface area (Å²) in [6, 6.07) is 4.24. The number of carbonyl (C=O) groups excluding carboxylic acids is 1. The van der Waals surface area contributed by atoms with E-state index in [9.17, 15) is 9.18 Å². The van der Waals surface area contributed by atoms with E-state index in [1.165, 1.54) is 43.9 Å². The summed E-state index contributed by atoms with van der Waals surface area (Å²) in [7, 11) is 0. The van der Waals surface area contributed by atoms with Gasteiger partial charge in [0.05, 0.1) is 0 Å². The van der Waals surface area contributed by atoms with Gasteiger partial charge >= 0.3 is 0 Å². The van der Waals surface area contributed by atoms with Gasteiger partial charge in [-0.2, -0.15) is 4.39 Å². The molecule has 0 atom stereocenters. The Bertz CT molecular complexity index is 417. The third kappa shape index (κ3) is 4.59. The molecule has 0 aliphatic carbocycles. The highest BCUT2D eigenvalue weighted by molar-refractivity contribution is 5.92. The van der Waals surface area contributed by atoms with Crippen molar-refractivity contribution in [2.24, 2.45) is 0 Å². The Morgan fingerprint density at radius 3 is 2.68 bits per heavy atom. The number of hydrogen-bond acceptors (Lipinski definition) is 3. The van der Waals surface area contributed by atoms with E-state index in [0.717, 1.165) is 19.6 Å². The van der Waals surface area contributed by atoms with Gasteiger partial charge in [-0.25, -0.2) is 4.98 Å². The SMILES string of the molecule is O=C(NCCN1CCCCCC1)c1cccc(F)n1. The van der Waals surface area contributed by atoms with Crippen molar-refractivity contribution in [1.82, 2.24) is 15.2 Å². The average Bonchev–Trinajstić information content (AvgIpc) is 2.67. The summed E-state index contributed by atoms with van der Waals surface area (Å²) < 4.78 is 12.9. The van der Waals surface area contributed by atoms with Gasteiger partial charge in [-0.3, -0.25) is 4.79 Å². The van der Waals surface area contributed by atoms with Crippen LogP contribution in [0.5, 0.6) is 0 Å². The van der Waals surface area contributed by atoms with Crippen LogP contribution in [0.3, 0.4) is 0 Å². The lowest BCUT2D eigenvalue weighted by atomic mass is 10.2. The first-order chi connectivity index (χ1) is 9.25. The molecule has 1 aliphatic rings. The van der Waals surface area contributed by atoms with Crippen LogP contribution in [0.15, 0.2) is 18.2 Å². The number of hydrogen-bond donors (Lipinski definition) is 1. The summed E-state index contributed by atoms with van der Waals surface area (Å²) in [5.74, 6) is -0.936. The molecule has 19 heavy (non-hydrogen) atoms. The predicted octanol–water partition coefficient (Wildman–Crippen LogP) is 1.83. The molecule has 0 unspecified atom stereocenters. The number of carbonyl (C=O) groups is 1. The van der Waals surface area contributed by atoms with Crippen LogP contribution in [0.4, 0.5) is 4.39 Å². The monoisotopic (exact) mass is 265 g/mol. The molecule has 0 spiro atoms. The summed E-state index contributed by atoms with van der Waals surface area (Å²) in [4.78, 5) is 17.7. The summed E-state index contributed by atoms with van der Waals surface area (Å²) >= 11 is 0. The van der Waals surface area contributed by atoms with Gasteiger partial charge in [0.25, 0.3) is 5.91 Å². The Kier molecular flexibility index (Phi) is 5.27. The largest absolute Gasteiger partial charge is 0.349 e. The average molecular weight is 265 g/mol. The number of pyridine rings is 1. The van der Waals surface area contributed by atoms with Crippen LogP contribution in [0.1, 0.15) is 36.2 Å². The van der Waals surface area contributed by atoms with Gasteiger partial charge in [0.2, 0.25) is 5.95 Å². The second kappa shape index (κ2) is 7.19. The quantitative estimate of drug-likeness (QED) is 0.845. The highest BCUT2D eigenvalue weighted by Crippen LogP contribution is 2.08. The predicted molar refractivity (Wildman–Crippen MR) is 71.4 cm³/mol. The van der Waals surface area contributed by atoms with Crippen molar-refractivity contribution in [3.05, 3.63) is 29.8 Å². The van der Waals surface area contributed by atoms with E-state index in [1.807, 2.05) is 0 Å². The third-order valence-corrected chi connectivity index (χ3v) is 3.36. The van der Waals surface area contributed by atoms with Gasteiger partial charge in [0.1, 0.15) is 5.69 Å². The van der Waals surface area contributed by atoms with Gasteiger partial charge in [0.15, 0.2) is 0 Å². The molecule has 1 aromatic heterocycles. The van der Waals surface area contributed by atoms with Crippen LogP contribution in [0, 0.1) is 5.95 Å². The highest BCUT2D eigenvalue weighted by Gasteiger charge is 2.10. The lowest BCUT2D eigenvalue weighted by Crippen LogP contribution is -2.35. The maximum atomic E-state index is 12.9. The van der Waals surface area contributed by atoms with E-state index in [-0.39, 0.29) is 11.6 Å². The van der Waals surface area contributed by atoms with Gasteiger partial charge in [0, 0.05) is 13.1 Å². The second-order valence-corrected chi connectivity index (χ2v) is 4.86. The number of halogens is 1. The molecule has 2 rings (SSSR count). The minimum Gasteiger partial charge on any atom is -0.349 e. The molecular formula is C14H20FN3O. The Morgan fingerprint density at radius 1 is 1.26 bits per heavy atom. The molecule has 0 radical (unpaired) electrons.